The summed E-state index contributed by atoms with van der Waals surface area (Å²) in [5.74, 6) is -0.0209. The van der Waals surface area contributed by atoms with E-state index < -0.39 is 5.91 Å². The minimum atomic E-state index is -0.448. The fraction of sp³-hybridized carbons (Fsp3) is 0.300. The molecule has 0 atom stereocenters. The van der Waals surface area contributed by atoms with E-state index in [1.807, 2.05) is 13.8 Å². The fourth-order valence-corrected chi connectivity index (χ4v) is 2.70. The van der Waals surface area contributed by atoms with Gasteiger partial charge >= 0.3 is 0 Å². The van der Waals surface area contributed by atoms with E-state index in [0.717, 1.165) is 6.42 Å². The van der Waals surface area contributed by atoms with Gasteiger partial charge in [0.25, 0.3) is 5.91 Å². The van der Waals surface area contributed by atoms with Crippen molar-refractivity contribution >= 4 is 40.7 Å². The normalized spacial score (nSPS) is 10.3. The Morgan fingerprint density at radius 3 is 2.39 bits per heavy atom. The maximum atomic E-state index is 12.4. The van der Waals surface area contributed by atoms with Crippen molar-refractivity contribution in [1.82, 2.24) is 5.32 Å². The van der Waals surface area contributed by atoms with E-state index in [0.29, 0.717) is 35.4 Å². The molecule has 0 aromatic heterocycles. The standard InChI is InChI=1S/C20H22Cl2N2O4/c1-3-9-28-19-16(22)10-13(11-17(19)27-4-2)20(26)23-12-18(25)24-15-7-5-14(21)6-8-15/h5-8,10-11H,3-4,9,12H2,1-2H3,(H,23,26)(H,24,25). The number of rotatable bonds is 9. The Morgan fingerprint density at radius 1 is 1.04 bits per heavy atom. The van der Waals surface area contributed by atoms with Crippen LogP contribution in [0.4, 0.5) is 5.69 Å². The maximum Gasteiger partial charge on any atom is 0.251 e. The second kappa shape index (κ2) is 10.8. The monoisotopic (exact) mass is 424 g/mol. The van der Waals surface area contributed by atoms with Gasteiger partial charge in [0.05, 0.1) is 24.8 Å². The van der Waals surface area contributed by atoms with E-state index in [-0.39, 0.29) is 23.0 Å². The number of ether oxygens (including phenoxy) is 2. The van der Waals surface area contributed by atoms with E-state index in [2.05, 4.69) is 10.6 Å². The SMILES string of the molecule is CCCOc1c(Cl)cc(C(=O)NCC(=O)Nc2ccc(Cl)cc2)cc1OCC. The first-order valence-electron chi connectivity index (χ1n) is 8.87. The molecular formula is C20H22Cl2N2O4. The van der Waals surface area contributed by atoms with E-state index in [9.17, 15) is 9.59 Å². The van der Waals surface area contributed by atoms with Gasteiger partial charge in [-0.2, -0.15) is 0 Å². The Balaban J connectivity index is 2.02. The van der Waals surface area contributed by atoms with Gasteiger partial charge in [0.15, 0.2) is 11.5 Å². The lowest BCUT2D eigenvalue weighted by Gasteiger charge is -2.15. The number of benzene rings is 2. The molecular weight excluding hydrogens is 403 g/mol. The summed E-state index contributed by atoms with van der Waals surface area (Å²) in [5, 5.41) is 6.07. The lowest BCUT2D eigenvalue weighted by atomic mass is 10.2. The Bertz CT molecular complexity index is 826. The number of anilines is 1. The number of carbonyl (C=O) groups excluding carboxylic acids is 2. The molecule has 6 nitrogen and oxygen atoms in total. The molecule has 2 amide bonds. The van der Waals surface area contributed by atoms with E-state index >= 15 is 0 Å². The minimum absolute atomic E-state index is 0.197. The predicted molar refractivity (Wildman–Crippen MR) is 111 cm³/mol. The molecule has 0 aliphatic heterocycles. The zero-order valence-electron chi connectivity index (χ0n) is 15.7. The van der Waals surface area contributed by atoms with Crippen LogP contribution in [0, 0.1) is 0 Å². The van der Waals surface area contributed by atoms with E-state index in [4.69, 9.17) is 32.7 Å². The van der Waals surface area contributed by atoms with Crippen LogP contribution in [-0.4, -0.2) is 31.6 Å². The Hall–Kier alpha value is -2.44. The van der Waals surface area contributed by atoms with Crippen LogP contribution < -0.4 is 20.1 Å². The van der Waals surface area contributed by atoms with Crippen molar-refractivity contribution in [2.75, 3.05) is 25.1 Å². The predicted octanol–water partition coefficient (Wildman–Crippen LogP) is 4.55. The zero-order valence-corrected chi connectivity index (χ0v) is 17.2. The first-order chi connectivity index (χ1) is 13.4. The molecule has 0 aliphatic carbocycles. The van der Waals surface area contributed by atoms with Gasteiger partial charge in [-0.3, -0.25) is 9.59 Å². The Labute approximate surface area is 174 Å². The average molecular weight is 425 g/mol. The zero-order chi connectivity index (χ0) is 20.5. The van der Waals surface area contributed by atoms with Crippen molar-refractivity contribution in [3.63, 3.8) is 0 Å². The molecule has 28 heavy (non-hydrogen) atoms. The third-order valence-corrected chi connectivity index (χ3v) is 4.09. The summed E-state index contributed by atoms with van der Waals surface area (Å²) >= 11 is 12.1. The number of amides is 2. The molecule has 0 heterocycles. The maximum absolute atomic E-state index is 12.4. The van der Waals surface area contributed by atoms with Crippen molar-refractivity contribution in [2.24, 2.45) is 0 Å². The quantitative estimate of drug-likeness (QED) is 0.618. The van der Waals surface area contributed by atoms with Gasteiger partial charge < -0.3 is 20.1 Å². The smallest absolute Gasteiger partial charge is 0.251 e. The summed E-state index contributed by atoms with van der Waals surface area (Å²) in [6.07, 6.45) is 0.812. The molecule has 0 radical (unpaired) electrons. The Kier molecular flexibility index (Phi) is 8.42. The number of nitrogens with one attached hydrogen (secondary N) is 2. The van der Waals surface area contributed by atoms with Crippen molar-refractivity contribution in [2.45, 2.75) is 20.3 Å². The molecule has 0 spiro atoms. The largest absolute Gasteiger partial charge is 0.490 e. The van der Waals surface area contributed by atoms with Crippen molar-refractivity contribution < 1.29 is 19.1 Å². The highest BCUT2D eigenvalue weighted by Gasteiger charge is 2.17. The molecule has 0 fully saturated rings. The van der Waals surface area contributed by atoms with Crippen LogP contribution in [0.3, 0.4) is 0 Å². The first kappa shape index (κ1) is 21.9. The van der Waals surface area contributed by atoms with Crippen molar-refractivity contribution in [3.8, 4) is 11.5 Å². The van der Waals surface area contributed by atoms with Crippen LogP contribution in [0.1, 0.15) is 30.6 Å². The van der Waals surface area contributed by atoms with Gasteiger partial charge in [-0.05, 0) is 49.7 Å². The van der Waals surface area contributed by atoms with E-state index in [1.165, 1.54) is 6.07 Å². The van der Waals surface area contributed by atoms with E-state index in [1.54, 1.807) is 30.3 Å². The molecule has 2 N–H and O–H groups in total. The molecule has 0 saturated carbocycles. The highest BCUT2D eigenvalue weighted by Crippen LogP contribution is 2.36. The van der Waals surface area contributed by atoms with Gasteiger partial charge in [-0.1, -0.05) is 30.1 Å². The van der Waals surface area contributed by atoms with Crippen LogP contribution in [0.15, 0.2) is 36.4 Å². The third-order valence-electron chi connectivity index (χ3n) is 3.56. The number of hydrogen-bond donors (Lipinski definition) is 2. The average Bonchev–Trinajstić information content (AvgIpc) is 2.67. The van der Waals surface area contributed by atoms with Crippen LogP contribution in [-0.2, 0) is 4.79 Å². The first-order valence-corrected chi connectivity index (χ1v) is 9.63. The summed E-state index contributed by atoms with van der Waals surface area (Å²) in [6, 6.07) is 9.70. The van der Waals surface area contributed by atoms with Crippen LogP contribution in [0.25, 0.3) is 0 Å². The second-order valence-corrected chi connectivity index (χ2v) is 6.65. The summed E-state index contributed by atoms with van der Waals surface area (Å²) in [5.41, 5.74) is 0.861. The molecule has 0 unspecified atom stereocenters. The number of halogens is 2. The molecule has 150 valence electrons. The van der Waals surface area contributed by atoms with Gasteiger partial charge in [-0.25, -0.2) is 0 Å². The van der Waals surface area contributed by atoms with Crippen LogP contribution in [0.2, 0.25) is 10.0 Å². The van der Waals surface area contributed by atoms with Gasteiger partial charge in [-0.15, -0.1) is 0 Å². The molecule has 0 saturated heterocycles. The molecule has 2 aromatic carbocycles. The van der Waals surface area contributed by atoms with Gasteiger partial charge in [0.1, 0.15) is 0 Å². The summed E-state index contributed by atoms with van der Waals surface area (Å²) in [6.45, 7) is 4.48. The number of carbonyl (C=O) groups is 2. The lowest BCUT2D eigenvalue weighted by Crippen LogP contribution is -2.32. The summed E-state index contributed by atoms with van der Waals surface area (Å²) in [7, 11) is 0. The Morgan fingerprint density at radius 2 is 1.75 bits per heavy atom. The minimum Gasteiger partial charge on any atom is -0.490 e. The van der Waals surface area contributed by atoms with Crippen molar-refractivity contribution in [3.05, 3.63) is 52.0 Å². The van der Waals surface area contributed by atoms with Crippen LogP contribution >= 0.6 is 23.2 Å². The van der Waals surface area contributed by atoms with Crippen LogP contribution in [0.5, 0.6) is 11.5 Å². The topological polar surface area (TPSA) is 76.7 Å². The highest BCUT2D eigenvalue weighted by atomic mass is 35.5. The summed E-state index contributed by atoms with van der Waals surface area (Å²) in [4.78, 5) is 24.4. The fourth-order valence-electron chi connectivity index (χ4n) is 2.31. The summed E-state index contributed by atoms with van der Waals surface area (Å²) < 4.78 is 11.2. The second-order valence-electron chi connectivity index (χ2n) is 5.80. The molecule has 2 rings (SSSR count). The van der Waals surface area contributed by atoms with Crippen molar-refractivity contribution in [1.29, 1.82) is 0 Å². The molecule has 8 heteroatoms. The molecule has 0 aliphatic rings. The number of hydrogen-bond acceptors (Lipinski definition) is 4. The lowest BCUT2D eigenvalue weighted by molar-refractivity contribution is -0.115. The molecule has 0 bridgehead atoms. The van der Waals surface area contributed by atoms with Gasteiger partial charge in [0, 0.05) is 16.3 Å². The molecule has 2 aromatic rings. The van der Waals surface area contributed by atoms with Gasteiger partial charge in [0.2, 0.25) is 5.91 Å². The highest BCUT2D eigenvalue weighted by molar-refractivity contribution is 6.32. The third kappa shape index (κ3) is 6.32.